The zero-order valence-corrected chi connectivity index (χ0v) is 13.0. The summed E-state index contributed by atoms with van der Waals surface area (Å²) in [6, 6.07) is 6.89. The second kappa shape index (κ2) is 6.74. The molecule has 2 aromatic rings. The van der Waals surface area contributed by atoms with Crippen molar-refractivity contribution < 1.29 is 12.8 Å². The number of rotatable bonds is 5. The fourth-order valence-electron chi connectivity index (χ4n) is 1.58. The van der Waals surface area contributed by atoms with Gasteiger partial charge in [0, 0.05) is 11.9 Å². The molecule has 0 aliphatic heterocycles. The highest BCUT2D eigenvalue weighted by molar-refractivity contribution is 7.91. The van der Waals surface area contributed by atoms with Crippen molar-refractivity contribution in [2.75, 3.05) is 7.05 Å². The van der Waals surface area contributed by atoms with Gasteiger partial charge in [-0.05, 0) is 24.3 Å². The summed E-state index contributed by atoms with van der Waals surface area (Å²) in [7, 11) is -1.98. The molecular formula is C12H16N4O3S2. The Morgan fingerprint density at radius 3 is 2.67 bits per heavy atom. The lowest BCUT2D eigenvalue weighted by molar-refractivity contribution is 0.501. The lowest BCUT2D eigenvalue weighted by atomic mass is 10.4. The molecule has 0 atom stereocenters. The molecule has 0 saturated heterocycles. The van der Waals surface area contributed by atoms with Crippen molar-refractivity contribution >= 4 is 27.3 Å². The maximum absolute atomic E-state index is 11.2. The minimum absolute atomic E-state index is 0.151. The first kappa shape index (κ1) is 15.5. The molecule has 0 aromatic carbocycles. The zero-order valence-electron chi connectivity index (χ0n) is 11.4. The summed E-state index contributed by atoms with van der Waals surface area (Å²) in [6.45, 7) is 0.970. The summed E-state index contributed by atoms with van der Waals surface area (Å²) in [6.07, 6.45) is 1.60. The molecule has 0 amide bonds. The summed E-state index contributed by atoms with van der Waals surface area (Å²) in [5, 5.41) is 11.2. The van der Waals surface area contributed by atoms with E-state index in [-0.39, 0.29) is 4.21 Å². The van der Waals surface area contributed by atoms with Gasteiger partial charge in [-0.2, -0.15) is 0 Å². The van der Waals surface area contributed by atoms with E-state index in [1.165, 1.54) is 6.07 Å². The van der Waals surface area contributed by atoms with Gasteiger partial charge in [-0.3, -0.25) is 4.99 Å². The van der Waals surface area contributed by atoms with Crippen LogP contribution in [0.1, 0.15) is 10.6 Å². The van der Waals surface area contributed by atoms with Gasteiger partial charge in [0.1, 0.15) is 9.97 Å². The van der Waals surface area contributed by atoms with Crippen molar-refractivity contribution in [1.29, 1.82) is 0 Å². The number of nitrogens with two attached hydrogens (primary N) is 1. The van der Waals surface area contributed by atoms with Crippen LogP contribution in [0.2, 0.25) is 0 Å². The van der Waals surface area contributed by atoms with Crippen molar-refractivity contribution in [1.82, 2.24) is 10.6 Å². The Morgan fingerprint density at radius 2 is 2.10 bits per heavy atom. The quantitative estimate of drug-likeness (QED) is 0.557. The number of nitrogens with zero attached hydrogens (tertiary/aromatic N) is 1. The van der Waals surface area contributed by atoms with Crippen LogP contribution < -0.4 is 15.8 Å². The molecule has 21 heavy (non-hydrogen) atoms. The first-order valence-corrected chi connectivity index (χ1v) is 8.44. The van der Waals surface area contributed by atoms with Crippen LogP contribution in [0.4, 0.5) is 0 Å². The van der Waals surface area contributed by atoms with Gasteiger partial charge < -0.3 is 15.1 Å². The fraction of sp³-hybridized carbons (Fsp3) is 0.250. The summed E-state index contributed by atoms with van der Waals surface area (Å²) >= 11 is 1.13. The number of furan rings is 1. The van der Waals surface area contributed by atoms with Crippen LogP contribution in [-0.2, 0) is 23.1 Å². The van der Waals surface area contributed by atoms with Gasteiger partial charge in [0.25, 0.3) is 0 Å². The maximum atomic E-state index is 11.2. The summed E-state index contributed by atoms with van der Waals surface area (Å²) in [5.41, 5.74) is 0. The van der Waals surface area contributed by atoms with E-state index in [2.05, 4.69) is 15.6 Å². The van der Waals surface area contributed by atoms with Crippen molar-refractivity contribution in [2.45, 2.75) is 17.3 Å². The van der Waals surface area contributed by atoms with E-state index in [1.54, 1.807) is 19.4 Å². The minimum Gasteiger partial charge on any atom is -0.467 e. The monoisotopic (exact) mass is 328 g/mol. The van der Waals surface area contributed by atoms with E-state index < -0.39 is 10.0 Å². The van der Waals surface area contributed by atoms with Crippen molar-refractivity contribution in [3.05, 3.63) is 41.2 Å². The Kier molecular flexibility index (Phi) is 4.99. The van der Waals surface area contributed by atoms with Crippen molar-refractivity contribution in [3.63, 3.8) is 0 Å². The van der Waals surface area contributed by atoms with Gasteiger partial charge in [0.05, 0.1) is 19.4 Å². The number of sulfonamides is 1. The predicted octanol–water partition coefficient (Wildman–Crippen LogP) is 0.854. The van der Waals surface area contributed by atoms with Crippen LogP contribution in [0, 0.1) is 0 Å². The van der Waals surface area contributed by atoms with E-state index in [1.807, 2.05) is 12.1 Å². The SMILES string of the molecule is CN=C(NCc1ccco1)NCc1ccc(S(N)(=O)=O)s1. The molecule has 7 nitrogen and oxygen atoms in total. The first-order chi connectivity index (χ1) is 9.99. The van der Waals surface area contributed by atoms with E-state index in [0.29, 0.717) is 19.0 Å². The fourth-order valence-corrected chi connectivity index (χ4v) is 3.30. The molecule has 0 aliphatic rings. The number of hydrogen-bond acceptors (Lipinski definition) is 5. The van der Waals surface area contributed by atoms with Gasteiger partial charge in [-0.25, -0.2) is 13.6 Å². The third kappa shape index (κ3) is 4.59. The van der Waals surface area contributed by atoms with Crippen molar-refractivity contribution in [2.24, 2.45) is 10.1 Å². The molecule has 2 aromatic heterocycles. The number of primary sulfonamides is 1. The lowest BCUT2D eigenvalue weighted by Crippen LogP contribution is -2.36. The lowest BCUT2D eigenvalue weighted by Gasteiger charge is -2.09. The third-order valence-electron chi connectivity index (χ3n) is 2.58. The third-order valence-corrected chi connectivity index (χ3v) is 5.10. The van der Waals surface area contributed by atoms with E-state index in [4.69, 9.17) is 9.56 Å². The average Bonchev–Trinajstić information content (AvgIpc) is 3.09. The van der Waals surface area contributed by atoms with E-state index >= 15 is 0 Å². The highest BCUT2D eigenvalue weighted by atomic mass is 32.2. The zero-order chi connectivity index (χ0) is 15.3. The van der Waals surface area contributed by atoms with Crippen LogP contribution in [-0.4, -0.2) is 21.4 Å². The molecule has 2 rings (SSSR count). The normalized spacial score (nSPS) is 12.4. The largest absolute Gasteiger partial charge is 0.467 e. The van der Waals surface area contributed by atoms with Gasteiger partial charge in [-0.15, -0.1) is 11.3 Å². The first-order valence-electron chi connectivity index (χ1n) is 6.07. The standard InChI is InChI=1S/C12H16N4O3S2/c1-14-12(15-7-9-3-2-6-19-9)16-8-10-4-5-11(20-10)21(13,17)18/h2-6H,7-8H2,1H3,(H2,13,17,18)(H2,14,15,16). The summed E-state index contributed by atoms with van der Waals surface area (Å²) in [5.74, 6) is 1.39. The van der Waals surface area contributed by atoms with Gasteiger partial charge in [0.2, 0.25) is 10.0 Å². The van der Waals surface area contributed by atoms with E-state index in [0.717, 1.165) is 22.0 Å². The van der Waals surface area contributed by atoms with Gasteiger partial charge >= 0.3 is 0 Å². The van der Waals surface area contributed by atoms with Crippen LogP contribution in [0.25, 0.3) is 0 Å². The van der Waals surface area contributed by atoms with E-state index in [9.17, 15) is 8.42 Å². The Balaban J connectivity index is 1.87. The molecule has 4 N–H and O–H groups in total. The molecule has 9 heteroatoms. The number of hydrogen-bond donors (Lipinski definition) is 3. The molecule has 0 fully saturated rings. The molecule has 0 saturated carbocycles. The molecule has 114 valence electrons. The van der Waals surface area contributed by atoms with Crippen LogP contribution >= 0.6 is 11.3 Å². The molecule has 0 aliphatic carbocycles. The Labute approximate surface area is 126 Å². The maximum Gasteiger partial charge on any atom is 0.247 e. The molecule has 0 unspecified atom stereocenters. The Hall–Kier alpha value is -1.84. The molecular weight excluding hydrogens is 312 g/mol. The topological polar surface area (TPSA) is 110 Å². The van der Waals surface area contributed by atoms with Gasteiger partial charge in [0.15, 0.2) is 5.96 Å². The predicted molar refractivity (Wildman–Crippen MR) is 81.4 cm³/mol. The molecule has 0 radical (unpaired) electrons. The molecule has 0 spiro atoms. The second-order valence-electron chi connectivity index (χ2n) is 4.12. The molecule has 2 heterocycles. The average molecular weight is 328 g/mol. The second-order valence-corrected chi connectivity index (χ2v) is 7.08. The highest BCUT2D eigenvalue weighted by Gasteiger charge is 2.11. The smallest absolute Gasteiger partial charge is 0.247 e. The Bertz CT molecular complexity index is 705. The number of guanidine groups is 1. The Morgan fingerprint density at radius 1 is 1.33 bits per heavy atom. The summed E-state index contributed by atoms with van der Waals surface area (Å²) < 4.78 is 27.8. The highest BCUT2D eigenvalue weighted by Crippen LogP contribution is 2.19. The van der Waals surface area contributed by atoms with Crippen LogP contribution in [0.3, 0.4) is 0 Å². The number of thiophene rings is 1. The molecule has 0 bridgehead atoms. The van der Waals surface area contributed by atoms with Crippen LogP contribution in [0.15, 0.2) is 44.1 Å². The summed E-state index contributed by atoms with van der Waals surface area (Å²) in [4.78, 5) is 4.92. The van der Waals surface area contributed by atoms with Crippen LogP contribution in [0.5, 0.6) is 0 Å². The number of nitrogens with one attached hydrogen (secondary N) is 2. The minimum atomic E-state index is -3.63. The number of aliphatic imine (C=N–C) groups is 1. The van der Waals surface area contributed by atoms with Crippen molar-refractivity contribution in [3.8, 4) is 0 Å². The van der Waals surface area contributed by atoms with Gasteiger partial charge in [-0.1, -0.05) is 0 Å².